The van der Waals surface area contributed by atoms with E-state index >= 15 is 0 Å². The molecule has 0 amide bonds. The largest absolute Gasteiger partial charge is 0.463 e. The van der Waals surface area contributed by atoms with Crippen LogP contribution in [0.15, 0.2) is 46.9 Å². The molecule has 0 aliphatic heterocycles. The summed E-state index contributed by atoms with van der Waals surface area (Å²) in [5.74, 6) is 1.65. The first kappa shape index (κ1) is 13.9. The molecular formula is C17H19NO3. The third-order valence-electron chi connectivity index (χ3n) is 4.13. The van der Waals surface area contributed by atoms with E-state index in [-0.39, 0.29) is 11.8 Å². The van der Waals surface area contributed by atoms with Gasteiger partial charge in [0.25, 0.3) is 0 Å². The molecule has 0 saturated heterocycles. The van der Waals surface area contributed by atoms with Crippen LogP contribution in [0.2, 0.25) is 0 Å². The van der Waals surface area contributed by atoms with E-state index in [9.17, 15) is 4.79 Å². The molecule has 1 aliphatic rings. The molecule has 0 spiro atoms. The number of furan rings is 1. The lowest BCUT2D eigenvalue weighted by Crippen LogP contribution is -2.18. The first-order chi connectivity index (χ1) is 10.2. The second kappa shape index (κ2) is 5.74. The van der Waals surface area contributed by atoms with Crippen molar-refractivity contribution in [2.45, 2.75) is 18.4 Å². The Morgan fingerprint density at radius 2 is 2.05 bits per heavy atom. The molecule has 4 heteroatoms. The van der Waals surface area contributed by atoms with Crippen LogP contribution in [0.4, 0.5) is 0 Å². The summed E-state index contributed by atoms with van der Waals surface area (Å²) in [6.45, 7) is 0. The number of hydrogen-bond donors (Lipinski definition) is 1. The van der Waals surface area contributed by atoms with E-state index in [1.165, 1.54) is 12.7 Å². The molecule has 1 saturated carbocycles. The van der Waals surface area contributed by atoms with Gasteiger partial charge in [0.15, 0.2) is 0 Å². The first-order valence-electron chi connectivity index (χ1n) is 7.15. The van der Waals surface area contributed by atoms with Crippen LogP contribution in [0.3, 0.4) is 0 Å². The van der Waals surface area contributed by atoms with E-state index in [2.05, 4.69) is 34.3 Å². The molecular weight excluding hydrogens is 266 g/mol. The summed E-state index contributed by atoms with van der Waals surface area (Å²) in [6.07, 6.45) is 1.13. The molecule has 1 N–H and O–H groups in total. The quantitative estimate of drug-likeness (QED) is 0.858. The topological polar surface area (TPSA) is 51.5 Å². The number of esters is 1. The molecule has 1 aliphatic carbocycles. The summed E-state index contributed by atoms with van der Waals surface area (Å²) in [6, 6.07) is 14.2. The van der Waals surface area contributed by atoms with Gasteiger partial charge in [0.2, 0.25) is 5.76 Å². The van der Waals surface area contributed by atoms with Crippen LogP contribution in [-0.2, 0) is 4.74 Å². The van der Waals surface area contributed by atoms with Crippen molar-refractivity contribution in [1.29, 1.82) is 0 Å². The highest BCUT2D eigenvalue weighted by molar-refractivity contribution is 5.86. The van der Waals surface area contributed by atoms with Crippen LogP contribution in [-0.4, -0.2) is 20.1 Å². The molecule has 3 rings (SSSR count). The fourth-order valence-corrected chi connectivity index (χ4v) is 2.96. The van der Waals surface area contributed by atoms with Crippen LogP contribution in [0.1, 0.15) is 40.3 Å². The number of hydrogen-bond acceptors (Lipinski definition) is 4. The molecule has 1 heterocycles. The SMILES string of the molecule is CNC(c1ccc(C(=O)OC)o1)C1CC1c1ccccc1. The van der Waals surface area contributed by atoms with Gasteiger partial charge in [-0.15, -0.1) is 0 Å². The minimum atomic E-state index is -0.438. The average Bonchev–Trinajstić information content (AvgIpc) is 3.16. The maximum absolute atomic E-state index is 11.5. The highest BCUT2D eigenvalue weighted by Crippen LogP contribution is 2.54. The number of methoxy groups -OCH3 is 1. The van der Waals surface area contributed by atoms with Gasteiger partial charge in [-0.3, -0.25) is 0 Å². The van der Waals surface area contributed by atoms with Gasteiger partial charge in [0, 0.05) is 0 Å². The maximum atomic E-state index is 11.5. The van der Waals surface area contributed by atoms with Crippen molar-refractivity contribution < 1.29 is 13.9 Å². The molecule has 2 aromatic rings. The van der Waals surface area contributed by atoms with Crippen molar-refractivity contribution in [2.75, 3.05) is 14.2 Å². The molecule has 3 unspecified atom stereocenters. The van der Waals surface area contributed by atoms with Crippen molar-refractivity contribution in [3.63, 3.8) is 0 Å². The summed E-state index contributed by atoms with van der Waals surface area (Å²) in [4.78, 5) is 11.5. The van der Waals surface area contributed by atoms with Crippen LogP contribution in [0.5, 0.6) is 0 Å². The lowest BCUT2D eigenvalue weighted by atomic mass is 10.0. The summed E-state index contributed by atoms with van der Waals surface area (Å²) in [5, 5.41) is 3.30. The van der Waals surface area contributed by atoms with Crippen molar-refractivity contribution in [3.8, 4) is 0 Å². The van der Waals surface area contributed by atoms with Crippen molar-refractivity contribution in [2.24, 2.45) is 5.92 Å². The van der Waals surface area contributed by atoms with E-state index in [0.29, 0.717) is 11.8 Å². The number of rotatable bonds is 5. The number of carbonyl (C=O) groups is 1. The van der Waals surface area contributed by atoms with Gasteiger partial charge in [0.05, 0.1) is 13.2 Å². The summed E-state index contributed by atoms with van der Waals surface area (Å²) >= 11 is 0. The highest BCUT2D eigenvalue weighted by atomic mass is 16.5. The predicted molar refractivity (Wildman–Crippen MR) is 79.1 cm³/mol. The molecule has 110 valence electrons. The Morgan fingerprint density at radius 3 is 2.71 bits per heavy atom. The molecule has 1 fully saturated rings. The monoisotopic (exact) mass is 285 g/mol. The lowest BCUT2D eigenvalue weighted by molar-refractivity contribution is 0.0561. The van der Waals surface area contributed by atoms with E-state index in [4.69, 9.17) is 4.42 Å². The molecule has 0 bridgehead atoms. The van der Waals surface area contributed by atoms with Crippen molar-refractivity contribution in [3.05, 3.63) is 59.5 Å². The molecule has 1 aromatic heterocycles. The van der Waals surface area contributed by atoms with E-state index < -0.39 is 5.97 Å². The molecule has 0 radical (unpaired) electrons. The lowest BCUT2D eigenvalue weighted by Gasteiger charge is -2.13. The zero-order chi connectivity index (χ0) is 14.8. The number of carbonyl (C=O) groups excluding carboxylic acids is 1. The van der Waals surface area contributed by atoms with Crippen molar-refractivity contribution >= 4 is 5.97 Å². The average molecular weight is 285 g/mol. The van der Waals surface area contributed by atoms with Gasteiger partial charge < -0.3 is 14.5 Å². The zero-order valence-corrected chi connectivity index (χ0v) is 12.2. The standard InChI is InChI=1S/C17H19NO3/c1-18-16(14-8-9-15(21-14)17(19)20-2)13-10-12(13)11-6-4-3-5-7-11/h3-9,12-13,16,18H,10H2,1-2H3. The predicted octanol–water partition coefficient (Wildman–Crippen LogP) is 3.13. The molecule has 4 nitrogen and oxygen atoms in total. The van der Waals surface area contributed by atoms with E-state index in [0.717, 1.165) is 12.2 Å². The van der Waals surface area contributed by atoms with E-state index in [1.54, 1.807) is 6.07 Å². The van der Waals surface area contributed by atoms with Crippen LogP contribution >= 0.6 is 0 Å². The Bertz CT molecular complexity index is 620. The zero-order valence-electron chi connectivity index (χ0n) is 12.2. The molecule has 1 aromatic carbocycles. The van der Waals surface area contributed by atoms with Gasteiger partial charge in [-0.05, 0) is 43.0 Å². The highest BCUT2D eigenvalue weighted by Gasteiger charge is 2.45. The number of nitrogens with one attached hydrogen (secondary N) is 1. The Kier molecular flexibility index (Phi) is 3.80. The Morgan fingerprint density at radius 1 is 1.29 bits per heavy atom. The first-order valence-corrected chi connectivity index (χ1v) is 7.15. The fourth-order valence-electron chi connectivity index (χ4n) is 2.96. The molecule has 3 atom stereocenters. The van der Waals surface area contributed by atoms with Crippen LogP contribution in [0, 0.1) is 5.92 Å². The smallest absolute Gasteiger partial charge is 0.373 e. The van der Waals surface area contributed by atoms with Gasteiger partial charge >= 0.3 is 5.97 Å². The maximum Gasteiger partial charge on any atom is 0.373 e. The number of ether oxygens (including phenoxy) is 1. The summed E-state index contributed by atoms with van der Waals surface area (Å²) in [5.41, 5.74) is 1.36. The second-order valence-electron chi connectivity index (χ2n) is 5.38. The molecule has 21 heavy (non-hydrogen) atoms. The van der Waals surface area contributed by atoms with Gasteiger partial charge in [0.1, 0.15) is 5.76 Å². The number of benzene rings is 1. The van der Waals surface area contributed by atoms with Crippen molar-refractivity contribution in [1.82, 2.24) is 5.32 Å². The van der Waals surface area contributed by atoms with Gasteiger partial charge in [-0.1, -0.05) is 30.3 Å². The second-order valence-corrected chi connectivity index (χ2v) is 5.38. The Balaban J connectivity index is 1.75. The van der Waals surface area contributed by atoms with Gasteiger partial charge in [-0.25, -0.2) is 4.79 Å². The van der Waals surface area contributed by atoms with Gasteiger partial charge in [-0.2, -0.15) is 0 Å². The van der Waals surface area contributed by atoms with Crippen LogP contribution < -0.4 is 5.32 Å². The minimum absolute atomic E-state index is 0.119. The third kappa shape index (κ3) is 2.72. The minimum Gasteiger partial charge on any atom is -0.463 e. The summed E-state index contributed by atoms with van der Waals surface area (Å²) in [7, 11) is 3.28. The summed E-state index contributed by atoms with van der Waals surface area (Å²) < 4.78 is 10.3. The third-order valence-corrected chi connectivity index (χ3v) is 4.13. The Labute approximate surface area is 124 Å². The normalized spacial score (nSPS) is 21.8. The van der Waals surface area contributed by atoms with E-state index in [1.807, 2.05) is 19.2 Å². The van der Waals surface area contributed by atoms with Crippen LogP contribution in [0.25, 0.3) is 0 Å². The fraction of sp³-hybridized carbons (Fsp3) is 0.353. The Hall–Kier alpha value is -2.07.